The van der Waals surface area contributed by atoms with Crippen LogP contribution in [-0.4, -0.2) is 44.4 Å². The molecular weight excluding hydrogens is 420 g/mol. The maximum absolute atomic E-state index is 14.3. The summed E-state index contributed by atoms with van der Waals surface area (Å²) < 4.78 is 38.8. The maximum atomic E-state index is 14.3. The van der Waals surface area contributed by atoms with Crippen molar-refractivity contribution in [3.05, 3.63) is 102 Å². The molecule has 33 heavy (non-hydrogen) atoms. The normalized spacial score (nSPS) is 14.9. The highest BCUT2D eigenvalue weighted by Gasteiger charge is 2.09. The van der Waals surface area contributed by atoms with Crippen molar-refractivity contribution < 1.29 is 18.3 Å². The van der Waals surface area contributed by atoms with Crippen molar-refractivity contribution in [3.8, 4) is 16.9 Å². The fourth-order valence-corrected chi connectivity index (χ4v) is 3.84. The SMILES string of the molecule is FC(=CCc1cccc(F)c1)Cc1ccc(-c2ccc(OCCN3CCOCC3)cc2)cc1. The van der Waals surface area contributed by atoms with Crippen molar-refractivity contribution in [2.75, 3.05) is 39.5 Å². The molecule has 0 atom stereocenters. The van der Waals surface area contributed by atoms with E-state index in [1.807, 2.05) is 48.5 Å². The van der Waals surface area contributed by atoms with Crippen LogP contribution in [0.25, 0.3) is 11.1 Å². The molecule has 0 unspecified atom stereocenters. The number of allylic oxidation sites excluding steroid dienone is 2. The minimum Gasteiger partial charge on any atom is -0.492 e. The molecule has 172 valence electrons. The van der Waals surface area contributed by atoms with Crippen LogP contribution in [0.15, 0.2) is 84.7 Å². The Morgan fingerprint density at radius 1 is 0.909 bits per heavy atom. The molecule has 0 spiro atoms. The molecule has 3 aromatic rings. The van der Waals surface area contributed by atoms with E-state index in [1.165, 1.54) is 18.2 Å². The molecule has 1 heterocycles. The van der Waals surface area contributed by atoms with E-state index in [4.69, 9.17) is 9.47 Å². The Balaban J connectivity index is 1.27. The molecule has 0 amide bonds. The predicted molar refractivity (Wildman–Crippen MR) is 128 cm³/mol. The lowest BCUT2D eigenvalue weighted by atomic mass is 10.0. The van der Waals surface area contributed by atoms with Crippen molar-refractivity contribution in [1.82, 2.24) is 4.90 Å². The van der Waals surface area contributed by atoms with Crippen LogP contribution in [0.3, 0.4) is 0 Å². The number of nitrogens with zero attached hydrogens (tertiary/aromatic N) is 1. The fraction of sp³-hybridized carbons (Fsp3) is 0.286. The summed E-state index contributed by atoms with van der Waals surface area (Å²) in [7, 11) is 0. The molecule has 1 aliphatic heterocycles. The third-order valence-electron chi connectivity index (χ3n) is 5.74. The van der Waals surface area contributed by atoms with E-state index in [9.17, 15) is 8.78 Å². The second-order valence-corrected chi connectivity index (χ2v) is 8.19. The minimum absolute atomic E-state index is 0.217. The Morgan fingerprint density at radius 2 is 1.61 bits per heavy atom. The molecule has 1 saturated heterocycles. The quantitative estimate of drug-likeness (QED) is 0.410. The molecule has 0 saturated carbocycles. The third kappa shape index (κ3) is 7.24. The van der Waals surface area contributed by atoms with Gasteiger partial charge in [-0.05, 0) is 59.0 Å². The van der Waals surface area contributed by atoms with Crippen LogP contribution in [0.5, 0.6) is 5.75 Å². The lowest BCUT2D eigenvalue weighted by Crippen LogP contribution is -2.38. The topological polar surface area (TPSA) is 21.7 Å². The Morgan fingerprint density at radius 3 is 2.30 bits per heavy atom. The first kappa shape index (κ1) is 23.1. The summed E-state index contributed by atoms with van der Waals surface area (Å²) in [5, 5.41) is 0. The molecule has 0 radical (unpaired) electrons. The van der Waals surface area contributed by atoms with Crippen LogP contribution in [0.1, 0.15) is 11.1 Å². The number of ether oxygens (including phenoxy) is 2. The number of halogens is 2. The van der Waals surface area contributed by atoms with Gasteiger partial charge in [-0.2, -0.15) is 0 Å². The van der Waals surface area contributed by atoms with E-state index in [0.29, 0.717) is 13.0 Å². The Bertz CT molecular complexity index is 1040. The van der Waals surface area contributed by atoms with Gasteiger partial charge in [-0.3, -0.25) is 4.90 Å². The number of rotatable bonds is 9. The maximum Gasteiger partial charge on any atom is 0.123 e. The first-order chi connectivity index (χ1) is 16.2. The van der Waals surface area contributed by atoms with Gasteiger partial charge in [0, 0.05) is 26.1 Å². The standard InChI is InChI=1S/C28H29F2NO2/c29-26-3-1-2-22(20-26)6-11-27(30)21-23-4-7-24(8-5-23)25-9-12-28(13-10-25)33-19-16-31-14-17-32-18-15-31/h1-5,7-13,20H,6,14-19,21H2. The lowest BCUT2D eigenvalue weighted by Gasteiger charge is -2.26. The zero-order valence-electron chi connectivity index (χ0n) is 18.7. The van der Waals surface area contributed by atoms with Gasteiger partial charge in [0.1, 0.15) is 24.0 Å². The molecular formula is C28H29F2NO2. The third-order valence-corrected chi connectivity index (χ3v) is 5.74. The highest BCUT2D eigenvalue weighted by Crippen LogP contribution is 2.24. The Labute approximate surface area is 194 Å². The highest BCUT2D eigenvalue weighted by atomic mass is 19.1. The van der Waals surface area contributed by atoms with E-state index in [1.54, 1.807) is 12.1 Å². The summed E-state index contributed by atoms with van der Waals surface area (Å²) >= 11 is 0. The van der Waals surface area contributed by atoms with Crippen LogP contribution >= 0.6 is 0 Å². The van der Waals surface area contributed by atoms with E-state index < -0.39 is 0 Å². The van der Waals surface area contributed by atoms with Gasteiger partial charge < -0.3 is 9.47 Å². The van der Waals surface area contributed by atoms with Gasteiger partial charge in [0.05, 0.1) is 13.2 Å². The molecule has 3 nitrogen and oxygen atoms in total. The van der Waals surface area contributed by atoms with Crippen LogP contribution in [0, 0.1) is 5.82 Å². The molecule has 0 aromatic heterocycles. The number of hydrogen-bond acceptors (Lipinski definition) is 3. The lowest BCUT2D eigenvalue weighted by molar-refractivity contribution is 0.0322. The van der Waals surface area contributed by atoms with Crippen LogP contribution in [-0.2, 0) is 17.6 Å². The van der Waals surface area contributed by atoms with Gasteiger partial charge in [-0.15, -0.1) is 0 Å². The van der Waals surface area contributed by atoms with Crippen molar-refractivity contribution in [1.29, 1.82) is 0 Å². The average Bonchev–Trinajstić information content (AvgIpc) is 2.85. The molecule has 0 aliphatic carbocycles. The van der Waals surface area contributed by atoms with Crippen molar-refractivity contribution in [2.45, 2.75) is 12.8 Å². The first-order valence-electron chi connectivity index (χ1n) is 11.4. The van der Waals surface area contributed by atoms with E-state index >= 15 is 0 Å². The smallest absolute Gasteiger partial charge is 0.123 e. The van der Waals surface area contributed by atoms with E-state index in [-0.39, 0.29) is 18.1 Å². The van der Waals surface area contributed by atoms with Gasteiger partial charge in [-0.1, -0.05) is 48.5 Å². The van der Waals surface area contributed by atoms with Crippen LogP contribution in [0.2, 0.25) is 0 Å². The Kier molecular flexibility index (Phi) is 8.23. The summed E-state index contributed by atoms with van der Waals surface area (Å²) in [6.07, 6.45) is 2.12. The summed E-state index contributed by atoms with van der Waals surface area (Å²) in [5.41, 5.74) is 3.82. The molecule has 0 bridgehead atoms. The monoisotopic (exact) mass is 449 g/mol. The molecule has 1 aliphatic rings. The highest BCUT2D eigenvalue weighted by molar-refractivity contribution is 5.64. The van der Waals surface area contributed by atoms with E-state index in [0.717, 1.165) is 60.9 Å². The van der Waals surface area contributed by atoms with Crippen LogP contribution in [0.4, 0.5) is 8.78 Å². The van der Waals surface area contributed by atoms with Gasteiger partial charge in [0.2, 0.25) is 0 Å². The zero-order chi connectivity index (χ0) is 22.9. The molecule has 5 heteroatoms. The van der Waals surface area contributed by atoms with Gasteiger partial charge in [-0.25, -0.2) is 8.78 Å². The van der Waals surface area contributed by atoms with Gasteiger partial charge in [0.15, 0.2) is 0 Å². The number of hydrogen-bond donors (Lipinski definition) is 0. The minimum atomic E-state index is -0.301. The molecule has 4 rings (SSSR count). The second-order valence-electron chi connectivity index (χ2n) is 8.19. The van der Waals surface area contributed by atoms with Crippen molar-refractivity contribution in [3.63, 3.8) is 0 Å². The van der Waals surface area contributed by atoms with Crippen molar-refractivity contribution in [2.24, 2.45) is 0 Å². The molecule has 1 fully saturated rings. The number of morpholine rings is 1. The van der Waals surface area contributed by atoms with Crippen molar-refractivity contribution >= 4 is 0 Å². The summed E-state index contributed by atoms with van der Waals surface area (Å²) in [5.74, 6) is 0.337. The number of benzene rings is 3. The van der Waals surface area contributed by atoms with Gasteiger partial charge in [0.25, 0.3) is 0 Å². The summed E-state index contributed by atoms with van der Waals surface area (Å²) in [6, 6.07) is 22.2. The molecule has 3 aromatic carbocycles. The average molecular weight is 450 g/mol. The van der Waals surface area contributed by atoms with Gasteiger partial charge >= 0.3 is 0 Å². The molecule has 0 N–H and O–H groups in total. The summed E-state index contributed by atoms with van der Waals surface area (Å²) in [4.78, 5) is 2.35. The second kappa shape index (κ2) is 11.7. The first-order valence-corrected chi connectivity index (χ1v) is 11.4. The predicted octanol–water partition coefficient (Wildman–Crippen LogP) is 5.84. The largest absolute Gasteiger partial charge is 0.492 e. The Hall–Kier alpha value is -3.02. The van der Waals surface area contributed by atoms with E-state index in [2.05, 4.69) is 4.90 Å². The fourth-order valence-electron chi connectivity index (χ4n) is 3.84. The zero-order valence-corrected chi connectivity index (χ0v) is 18.7. The summed E-state index contributed by atoms with van der Waals surface area (Å²) in [6.45, 7) is 5.08. The van der Waals surface area contributed by atoms with Crippen LogP contribution < -0.4 is 4.74 Å².